The monoisotopic (exact) mass is 346 g/mol. The zero-order valence-corrected chi connectivity index (χ0v) is 16.5. The molecule has 2 aromatic carbocycles. The van der Waals surface area contributed by atoms with Crippen molar-refractivity contribution in [3.05, 3.63) is 82.9 Å². The molecule has 0 saturated carbocycles. The first-order valence-electron chi connectivity index (χ1n) is 9.77. The first-order valence-corrected chi connectivity index (χ1v) is 9.77. The van der Waals surface area contributed by atoms with Gasteiger partial charge in [0.1, 0.15) is 0 Å². The van der Waals surface area contributed by atoms with Crippen LogP contribution in [0.15, 0.2) is 71.8 Å². The highest BCUT2D eigenvalue weighted by molar-refractivity contribution is 6.16. The van der Waals surface area contributed by atoms with Gasteiger partial charge in [0, 0.05) is 11.1 Å². The molecular weight excluding hydrogens is 316 g/mol. The van der Waals surface area contributed by atoms with E-state index in [0.717, 1.165) is 48.0 Å². The molecule has 0 atom stereocenters. The maximum Gasteiger partial charge on any atom is 0.185 e. The summed E-state index contributed by atoms with van der Waals surface area (Å²) in [5.41, 5.74) is 6.58. The first kappa shape index (κ1) is 19.9. The van der Waals surface area contributed by atoms with E-state index in [1.807, 2.05) is 36.4 Å². The molecule has 0 saturated heterocycles. The minimum atomic E-state index is 0.219. The fraction of sp³-hybridized carbons (Fsp3) is 0.320. The first-order chi connectivity index (χ1) is 12.7. The third-order valence-electron chi connectivity index (χ3n) is 4.94. The Kier molecular flexibility index (Phi) is 7.59. The highest BCUT2D eigenvalue weighted by Crippen LogP contribution is 2.31. The van der Waals surface area contributed by atoms with Crippen molar-refractivity contribution in [1.82, 2.24) is 0 Å². The fourth-order valence-electron chi connectivity index (χ4n) is 3.67. The Hall–Kier alpha value is -2.41. The van der Waals surface area contributed by atoms with Gasteiger partial charge >= 0.3 is 0 Å². The van der Waals surface area contributed by atoms with Gasteiger partial charge in [-0.15, -0.1) is 0 Å². The van der Waals surface area contributed by atoms with Crippen LogP contribution in [-0.2, 0) is 4.79 Å². The second-order valence-corrected chi connectivity index (χ2v) is 6.39. The van der Waals surface area contributed by atoms with E-state index in [1.165, 1.54) is 11.1 Å². The van der Waals surface area contributed by atoms with Crippen molar-refractivity contribution in [2.75, 3.05) is 0 Å². The summed E-state index contributed by atoms with van der Waals surface area (Å²) in [6.45, 7) is 8.46. The summed E-state index contributed by atoms with van der Waals surface area (Å²) < 4.78 is 0. The Morgan fingerprint density at radius 2 is 0.923 bits per heavy atom. The lowest BCUT2D eigenvalue weighted by Crippen LogP contribution is -2.10. The van der Waals surface area contributed by atoms with Gasteiger partial charge in [0.2, 0.25) is 0 Å². The second kappa shape index (κ2) is 9.91. The summed E-state index contributed by atoms with van der Waals surface area (Å²) in [4.78, 5) is 13.5. The molecule has 0 aliphatic carbocycles. The predicted octanol–water partition coefficient (Wildman–Crippen LogP) is 7.10. The van der Waals surface area contributed by atoms with Crippen molar-refractivity contribution in [2.24, 2.45) is 0 Å². The molecule has 0 aromatic heterocycles. The molecule has 0 amide bonds. The second-order valence-electron chi connectivity index (χ2n) is 6.39. The van der Waals surface area contributed by atoms with E-state index in [2.05, 4.69) is 52.0 Å². The molecule has 0 unspecified atom stereocenters. The van der Waals surface area contributed by atoms with Gasteiger partial charge in [-0.25, -0.2) is 0 Å². The number of hydrogen-bond donors (Lipinski definition) is 0. The predicted molar refractivity (Wildman–Crippen MR) is 113 cm³/mol. The number of rotatable bonds is 8. The Bertz CT molecular complexity index is 712. The van der Waals surface area contributed by atoms with Crippen molar-refractivity contribution in [3.63, 3.8) is 0 Å². The number of ketones is 1. The summed E-state index contributed by atoms with van der Waals surface area (Å²) in [5.74, 6) is 0.219. The number of carbonyl (C=O) groups is 1. The van der Waals surface area contributed by atoms with Gasteiger partial charge in [-0.3, -0.25) is 4.79 Å². The summed E-state index contributed by atoms with van der Waals surface area (Å²) in [6, 6.07) is 20.6. The molecule has 0 aliphatic heterocycles. The molecule has 0 fully saturated rings. The maximum atomic E-state index is 13.5. The van der Waals surface area contributed by atoms with Crippen LogP contribution in [0.4, 0.5) is 0 Å². The quantitative estimate of drug-likeness (QED) is 0.466. The van der Waals surface area contributed by atoms with Crippen molar-refractivity contribution >= 4 is 16.9 Å². The van der Waals surface area contributed by atoms with Crippen molar-refractivity contribution in [3.8, 4) is 0 Å². The molecular formula is C25H30O. The standard InChI is InChI=1S/C25H30O/c1-5-21(19-15-11-9-12-16-19)23(7-3)25(26)24(8-4)22(6-2)20-17-13-10-14-18-20/h9-18H,5-8H2,1-4H3. The van der Waals surface area contributed by atoms with Gasteiger partial charge in [-0.1, -0.05) is 88.4 Å². The van der Waals surface area contributed by atoms with Gasteiger partial charge in [-0.2, -0.15) is 0 Å². The van der Waals surface area contributed by atoms with E-state index in [-0.39, 0.29) is 5.78 Å². The average molecular weight is 347 g/mol. The highest BCUT2D eigenvalue weighted by atomic mass is 16.1. The van der Waals surface area contributed by atoms with Crippen LogP contribution in [0.3, 0.4) is 0 Å². The summed E-state index contributed by atoms with van der Waals surface area (Å²) in [7, 11) is 0. The average Bonchev–Trinajstić information content (AvgIpc) is 2.70. The summed E-state index contributed by atoms with van der Waals surface area (Å²) in [5, 5.41) is 0. The number of hydrogen-bond acceptors (Lipinski definition) is 1. The Morgan fingerprint density at radius 3 is 1.19 bits per heavy atom. The molecule has 0 spiro atoms. The van der Waals surface area contributed by atoms with Crippen LogP contribution in [0.2, 0.25) is 0 Å². The third kappa shape index (κ3) is 4.40. The molecule has 0 radical (unpaired) electrons. The van der Waals surface area contributed by atoms with Crippen LogP contribution in [0.5, 0.6) is 0 Å². The number of carbonyl (C=O) groups excluding carboxylic acids is 1. The van der Waals surface area contributed by atoms with Crippen LogP contribution >= 0.6 is 0 Å². The SMILES string of the molecule is CCC(C(=O)C(CC)=C(CC)c1ccccc1)=C(CC)c1ccccc1. The maximum absolute atomic E-state index is 13.5. The summed E-state index contributed by atoms with van der Waals surface area (Å²) in [6.07, 6.45) is 3.24. The van der Waals surface area contributed by atoms with Gasteiger partial charge in [0.05, 0.1) is 0 Å². The van der Waals surface area contributed by atoms with Gasteiger partial charge in [0.25, 0.3) is 0 Å². The van der Waals surface area contributed by atoms with Crippen molar-refractivity contribution in [1.29, 1.82) is 0 Å². The van der Waals surface area contributed by atoms with Crippen LogP contribution in [0.25, 0.3) is 11.1 Å². The minimum absolute atomic E-state index is 0.219. The summed E-state index contributed by atoms with van der Waals surface area (Å²) >= 11 is 0. The van der Waals surface area contributed by atoms with Gasteiger partial charge in [0.15, 0.2) is 5.78 Å². The highest BCUT2D eigenvalue weighted by Gasteiger charge is 2.20. The molecule has 2 aromatic rings. The van der Waals surface area contributed by atoms with Crippen LogP contribution < -0.4 is 0 Å². The Labute approximate surface area is 158 Å². The molecule has 0 N–H and O–H groups in total. The molecule has 136 valence electrons. The van der Waals surface area contributed by atoms with Crippen LogP contribution in [0.1, 0.15) is 64.5 Å². The van der Waals surface area contributed by atoms with Gasteiger partial charge in [-0.05, 0) is 48.0 Å². The van der Waals surface area contributed by atoms with E-state index in [0.29, 0.717) is 0 Å². The Balaban J connectivity index is 2.60. The fourth-order valence-corrected chi connectivity index (χ4v) is 3.67. The molecule has 1 nitrogen and oxygen atoms in total. The molecule has 1 heteroatoms. The van der Waals surface area contributed by atoms with E-state index < -0.39 is 0 Å². The van der Waals surface area contributed by atoms with Gasteiger partial charge < -0.3 is 0 Å². The van der Waals surface area contributed by atoms with E-state index >= 15 is 0 Å². The number of benzene rings is 2. The topological polar surface area (TPSA) is 17.1 Å². The third-order valence-corrected chi connectivity index (χ3v) is 4.94. The normalized spacial score (nSPS) is 13.1. The van der Waals surface area contributed by atoms with Crippen LogP contribution in [0, 0.1) is 0 Å². The molecule has 0 aliphatic rings. The van der Waals surface area contributed by atoms with Crippen LogP contribution in [-0.4, -0.2) is 5.78 Å². The number of Topliss-reactive ketones (excluding diaryl/α,β-unsaturated/α-hetero) is 1. The van der Waals surface area contributed by atoms with E-state index in [9.17, 15) is 4.79 Å². The van der Waals surface area contributed by atoms with E-state index in [1.54, 1.807) is 0 Å². The molecule has 26 heavy (non-hydrogen) atoms. The number of allylic oxidation sites excluding steroid dienone is 4. The molecule has 2 rings (SSSR count). The minimum Gasteiger partial charge on any atom is -0.289 e. The van der Waals surface area contributed by atoms with Crippen molar-refractivity contribution < 1.29 is 4.79 Å². The van der Waals surface area contributed by atoms with Crippen molar-refractivity contribution in [2.45, 2.75) is 53.4 Å². The molecule has 0 heterocycles. The largest absolute Gasteiger partial charge is 0.289 e. The lowest BCUT2D eigenvalue weighted by Gasteiger charge is -2.17. The smallest absolute Gasteiger partial charge is 0.185 e. The zero-order chi connectivity index (χ0) is 18.9. The Morgan fingerprint density at radius 1 is 0.577 bits per heavy atom. The lowest BCUT2D eigenvalue weighted by molar-refractivity contribution is -0.112. The molecule has 0 bridgehead atoms. The van der Waals surface area contributed by atoms with E-state index in [4.69, 9.17) is 0 Å². The zero-order valence-electron chi connectivity index (χ0n) is 16.5. The lowest BCUT2D eigenvalue weighted by atomic mass is 9.86.